The quantitative estimate of drug-likeness (QED) is 0.391. The van der Waals surface area contributed by atoms with Crippen LogP contribution in [-0.4, -0.2) is 10.7 Å². The molecule has 0 bridgehead atoms. The second-order valence-corrected chi connectivity index (χ2v) is 7.34. The molecular weight excluding hydrogens is 392 g/mol. The lowest BCUT2D eigenvalue weighted by molar-refractivity contribution is -0.137. The van der Waals surface area contributed by atoms with Gasteiger partial charge in [0.2, 0.25) is 0 Å². The number of halogens is 6. The fraction of sp³-hybridized carbons (Fsp3) is 0.273. The molecule has 0 N–H and O–H groups in total. The van der Waals surface area contributed by atoms with E-state index < -0.39 is 23.5 Å². The maximum atomic E-state index is 13.4. The van der Waals surface area contributed by atoms with Crippen molar-refractivity contribution in [2.24, 2.45) is 5.92 Å². The third-order valence-electron chi connectivity index (χ3n) is 4.65. The van der Waals surface area contributed by atoms with Gasteiger partial charge in [0.1, 0.15) is 0 Å². The smallest absolute Gasteiger partial charge is 0.347 e. The molecule has 0 radical (unpaired) electrons. The van der Waals surface area contributed by atoms with Gasteiger partial charge in [-0.25, -0.2) is 0 Å². The van der Waals surface area contributed by atoms with Gasteiger partial charge in [0.25, 0.3) is 0 Å². The van der Waals surface area contributed by atoms with Gasteiger partial charge in [-0.05, 0) is 29.2 Å². The Hall–Kier alpha value is -2.70. The predicted octanol–water partition coefficient (Wildman–Crippen LogP) is 7.56. The second kappa shape index (κ2) is 7.28. The van der Waals surface area contributed by atoms with Crippen LogP contribution in [0, 0.1) is 5.92 Å². The van der Waals surface area contributed by atoms with Crippen molar-refractivity contribution in [3.05, 3.63) is 66.4 Å². The van der Waals surface area contributed by atoms with Crippen molar-refractivity contribution < 1.29 is 26.3 Å². The monoisotopic (exact) mass is 411 g/mol. The van der Waals surface area contributed by atoms with Gasteiger partial charge in [0.15, 0.2) is 0 Å². The number of hydrogen-bond acceptors (Lipinski definition) is 0. The van der Waals surface area contributed by atoms with Gasteiger partial charge in [-0.3, -0.25) is 0 Å². The maximum absolute atomic E-state index is 13.4. The standard InChI is InChI=1S/C22H19F6N/c1-13(2)11-29-12-18(14(3)21(23,24)25)17-9-8-15(10-20(17)29)16-6-4-5-7-19(16)22(26,27)28/h4-10,12-13H,3,11H2,1-2H3. The summed E-state index contributed by atoms with van der Waals surface area (Å²) in [5.41, 5.74) is -1.12. The van der Waals surface area contributed by atoms with Crippen molar-refractivity contribution >= 4 is 16.5 Å². The van der Waals surface area contributed by atoms with Gasteiger partial charge >= 0.3 is 12.4 Å². The summed E-state index contributed by atoms with van der Waals surface area (Å²) in [6.07, 6.45) is -7.76. The Morgan fingerprint density at radius 3 is 2.24 bits per heavy atom. The van der Waals surface area contributed by atoms with Gasteiger partial charge in [0.05, 0.1) is 11.1 Å². The van der Waals surface area contributed by atoms with Crippen molar-refractivity contribution in [3.63, 3.8) is 0 Å². The fourth-order valence-corrected chi connectivity index (χ4v) is 3.38. The number of aromatic nitrogens is 1. The first kappa shape index (κ1) is 21.0. The highest BCUT2D eigenvalue weighted by Gasteiger charge is 2.35. The van der Waals surface area contributed by atoms with E-state index in [2.05, 4.69) is 6.58 Å². The number of rotatable bonds is 4. The first-order valence-corrected chi connectivity index (χ1v) is 8.95. The maximum Gasteiger partial charge on any atom is 0.417 e. The van der Waals surface area contributed by atoms with E-state index in [0.717, 1.165) is 6.07 Å². The molecule has 29 heavy (non-hydrogen) atoms. The van der Waals surface area contributed by atoms with Crippen LogP contribution in [0.2, 0.25) is 0 Å². The topological polar surface area (TPSA) is 4.93 Å². The number of benzene rings is 2. The van der Waals surface area contributed by atoms with E-state index in [0.29, 0.717) is 17.4 Å². The number of allylic oxidation sites excluding steroid dienone is 1. The molecule has 0 unspecified atom stereocenters. The van der Waals surface area contributed by atoms with Gasteiger partial charge < -0.3 is 4.57 Å². The lowest BCUT2D eigenvalue weighted by atomic mass is 9.97. The van der Waals surface area contributed by atoms with Gasteiger partial charge in [-0.2, -0.15) is 26.3 Å². The van der Waals surface area contributed by atoms with E-state index in [1.54, 1.807) is 4.57 Å². The van der Waals surface area contributed by atoms with Crippen molar-refractivity contribution in [1.29, 1.82) is 0 Å². The van der Waals surface area contributed by atoms with Crippen LogP contribution in [0.25, 0.3) is 27.6 Å². The zero-order chi connectivity index (χ0) is 21.6. The molecule has 0 amide bonds. The molecule has 1 nitrogen and oxygen atoms in total. The molecule has 0 saturated carbocycles. The molecule has 154 valence electrons. The van der Waals surface area contributed by atoms with Gasteiger partial charge in [0, 0.05) is 29.2 Å². The highest BCUT2D eigenvalue weighted by molar-refractivity contribution is 5.96. The van der Waals surface area contributed by atoms with Crippen LogP contribution in [0.1, 0.15) is 25.0 Å². The third-order valence-corrected chi connectivity index (χ3v) is 4.65. The van der Waals surface area contributed by atoms with E-state index in [9.17, 15) is 26.3 Å². The Bertz CT molecular complexity index is 1050. The van der Waals surface area contributed by atoms with E-state index in [1.807, 2.05) is 13.8 Å². The summed E-state index contributed by atoms with van der Waals surface area (Å²) >= 11 is 0. The van der Waals surface area contributed by atoms with Crippen LogP contribution in [0.3, 0.4) is 0 Å². The van der Waals surface area contributed by atoms with E-state index in [-0.39, 0.29) is 22.6 Å². The zero-order valence-electron chi connectivity index (χ0n) is 15.8. The predicted molar refractivity (Wildman–Crippen MR) is 102 cm³/mol. The summed E-state index contributed by atoms with van der Waals surface area (Å²) in [7, 11) is 0. The Kier molecular flexibility index (Phi) is 5.28. The van der Waals surface area contributed by atoms with Crippen LogP contribution in [-0.2, 0) is 12.7 Å². The second-order valence-electron chi connectivity index (χ2n) is 7.34. The largest absolute Gasteiger partial charge is 0.417 e. The molecule has 0 spiro atoms. The Morgan fingerprint density at radius 2 is 1.66 bits per heavy atom. The highest BCUT2D eigenvalue weighted by atomic mass is 19.4. The van der Waals surface area contributed by atoms with Crippen molar-refractivity contribution in [3.8, 4) is 11.1 Å². The molecular formula is C22H19F6N. The molecule has 1 heterocycles. The van der Waals surface area contributed by atoms with Crippen molar-refractivity contribution in [2.45, 2.75) is 32.7 Å². The first-order chi connectivity index (χ1) is 13.4. The minimum atomic E-state index is -4.60. The number of hydrogen-bond donors (Lipinski definition) is 0. The minimum Gasteiger partial charge on any atom is -0.347 e. The van der Waals surface area contributed by atoms with E-state index in [4.69, 9.17) is 0 Å². The summed E-state index contributed by atoms with van der Waals surface area (Å²) < 4.78 is 81.5. The summed E-state index contributed by atoms with van der Waals surface area (Å²) in [5, 5.41) is 0.307. The number of nitrogens with zero attached hydrogens (tertiary/aromatic N) is 1. The van der Waals surface area contributed by atoms with Crippen LogP contribution in [0.4, 0.5) is 26.3 Å². The SMILES string of the molecule is C=C(c1cn(CC(C)C)c2cc(-c3ccccc3C(F)(F)F)ccc12)C(F)(F)F. The van der Waals surface area contributed by atoms with Crippen LogP contribution in [0.15, 0.2) is 55.2 Å². The normalized spacial score (nSPS) is 12.7. The molecule has 0 saturated heterocycles. The molecule has 3 rings (SSSR count). The average Bonchev–Trinajstić information content (AvgIpc) is 2.96. The fourth-order valence-electron chi connectivity index (χ4n) is 3.38. The highest BCUT2D eigenvalue weighted by Crippen LogP contribution is 2.41. The van der Waals surface area contributed by atoms with Crippen LogP contribution >= 0.6 is 0 Å². The van der Waals surface area contributed by atoms with Crippen LogP contribution < -0.4 is 0 Å². The Morgan fingerprint density at radius 1 is 1.00 bits per heavy atom. The number of alkyl halides is 6. The van der Waals surface area contributed by atoms with E-state index in [1.165, 1.54) is 42.6 Å². The summed E-state index contributed by atoms with van der Waals surface area (Å²) in [5.74, 6) is 0.128. The lowest BCUT2D eigenvalue weighted by Crippen LogP contribution is -2.09. The zero-order valence-corrected chi connectivity index (χ0v) is 15.8. The molecule has 0 atom stereocenters. The molecule has 3 aromatic rings. The Balaban J connectivity index is 2.24. The van der Waals surface area contributed by atoms with Gasteiger partial charge in [-0.1, -0.05) is 50.8 Å². The summed E-state index contributed by atoms with van der Waals surface area (Å²) in [6.45, 7) is 7.42. The van der Waals surface area contributed by atoms with E-state index >= 15 is 0 Å². The van der Waals surface area contributed by atoms with Gasteiger partial charge in [-0.15, -0.1) is 0 Å². The molecule has 0 aliphatic heterocycles. The lowest BCUT2D eigenvalue weighted by Gasteiger charge is -2.14. The average molecular weight is 411 g/mol. The van der Waals surface area contributed by atoms with Crippen LogP contribution in [0.5, 0.6) is 0 Å². The number of fused-ring (bicyclic) bond motifs is 1. The molecule has 0 aliphatic carbocycles. The molecule has 1 aromatic heterocycles. The molecule has 7 heteroatoms. The molecule has 2 aromatic carbocycles. The third kappa shape index (κ3) is 4.18. The van der Waals surface area contributed by atoms with Crippen molar-refractivity contribution in [1.82, 2.24) is 4.57 Å². The molecule has 0 fully saturated rings. The summed E-state index contributed by atoms with van der Waals surface area (Å²) in [4.78, 5) is 0. The minimum absolute atomic E-state index is 0.0182. The molecule has 0 aliphatic rings. The summed E-state index contributed by atoms with van der Waals surface area (Å²) in [6, 6.07) is 9.51. The Labute approximate surface area is 164 Å². The van der Waals surface area contributed by atoms with Crippen molar-refractivity contribution in [2.75, 3.05) is 0 Å². The first-order valence-electron chi connectivity index (χ1n) is 8.95.